The number of aromatic nitrogens is 2. The van der Waals surface area contributed by atoms with Gasteiger partial charge in [-0.1, -0.05) is 12.1 Å². The van der Waals surface area contributed by atoms with Crippen LogP contribution in [0.5, 0.6) is 5.75 Å². The van der Waals surface area contributed by atoms with Crippen LogP contribution in [0.2, 0.25) is 0 Å². The van der Waals surface area contributed by atoms with Crippen molar-refractivity contribution in [3.63, 3.8) is 0 Å². The second kappa shape index (κ2) is 10.3. The van der Waals surface area contributed by atoms with Crippen LogP contribution in [-0.4, -0.2) is 35.4 Å². The number of amides is 1. The lowest BCUT2D eigenvalue weighted by Gasteiger charge is -2.11. The summed E-state index contributed by atoms with van der Waals surface area (Å²) >= 11 is 0. The van der Waals surface area contributed by atoms with E-state index in [2.05, 4.69) is 10.4 Å². The Kier molecular flexibility index (Phi) is 7.05. The fourth-order valence-electron chi connectivity index (χ4n) is 3.47. The van der Waals surface area contributed by atoms with E-state index in [0.29, 0.717) is 28.8 Å². The molecule has 0 bridgehead atoms. The molecular formula is C26H20F3N3O4. The van der Waals surface area contributed by atoms with Crippen LogP contribution >= 0.6 is 0 Å². The molecule has 1 heterocycles. The summed E-state index contributed by atoms with van der Waals surface area (Å²) in [5, 5.41) is 6.86. The number of anilines is 1. The topological polar surface area (TPSA) is 82.5 Å². The number of nitrogens with zero attached hydrogens (tertiary/aromatic N) is 2. The Morgan fingerprint density at radius 2 is 1.72 bits per heavy atom. The summed E-state index contributed by atoms with van der Waals surface area (Å²) in [5.41, 5.74) is 1.35. The van der Waals surface area contributed by atoms with Crippen molar-refractivity contribution < 1.29 is 32.2 Å². The van der Waals surface area contributed by atoms with Crippen LogP contribution in [0.25, 0.3) is 16.9 Å². The van der Waals surface area contributed by atoms with E-state index < -0.39 is 34.9 Å². The highest BCUT2D eigenvalue weighted by molar-refractivity contribution is 6.04. The van der Waals surface area contributed by atoms with Crippen LogP contribution in [-0.2, 0) is 4.74 Å². The summed E-state index contributed by atoms with van der Waals surface area (Å²) in [6.45, 7) is 1.85. The molecule has 0 saturated carbocycles. The molecule has 0 fully saturated rings. The maximum absolute atomic E-state index is 14.1. The standard InChI is InChI=1S/C26H20F3N3O4/c1-3-36-26(34)21-14-22(32(31-21)17-7-9-18(35-2)10-8-17)15-5-4-6-16(13-15)30-25(33)19-11-12-20(27)24(29)23(19)28/h4-14H,3H2,1-2H3,(H,30,33). The van der Waals surface area contributed by atoms with Crippen molar-refractivity contribution in [1.82, 2.24) is 9.78 Å². The van der Waals surface area contributed by atoms with E-state index in [-0.39, 0.29) is 18.0 Å². The van der Waals surface area contributed by atoms with Gasteiger partial charge in [0.05, 0.1) is 30.7 Å². The molecule has 0 unspecified atom stereocenters. The monoisotopic (exact) mass is 495 g/mol. The first kappa shape index (κ1) is 24.5. The minimum absolute atomic E-state index is 0.0703. The number of esters is 1. The molecule has 1 aromatic heterocycles. The van der Waals surface area contributed by atoms with E-state index in [0.717, 1.165) is 6.07 Å². The zero-order valence-corrected chi connectivity index (χ0v) is 19.2. The number of nitrogens with one attached hydrogen (secondary N) is 1. The Hall–Kier alpha value is -4.60. The summed E-state index contributed by atoms with van der Waals surface area (Å²) in [6, 6.07) is 16.5. The molecule has 0 spiro atoms. The molecule has 0 aliphatic heterocycles. The molecule has 10 heteroatoms. The molecule has 0 aliphatic rings. The van der Waals surface area contributed by atoms with Gasteiger partial charge in [-0.15, -0.1) is 0 Å². The Labute approximate surface area is 204 Å². The van der Waals surface area contributed by atoms with Gasteiger partial charge < -0.3 is 14.8 Å². The number of carbonyl (C=O) groups is 2. The highest BCUT2D eigenvalue weighted by Gasteiger charge is 2.20. The molecule has 1 N–H and O–H groups in total. The molecule has 0 atom stereocenters. The van der Waals surface area contributed by atoms with E-state index in [9.17, 15) is 22.8 Å². The smallest absolute Gasteiger partial charge is 0.358 e. The van der Waals surface area contributed by atoms with Crippen molar-refractivity contribution >= 4 is 17.6 Å². The first-order valence-corrected chi connectivity index (χ1v) is 10.8. The predicted octanol–water partition coefficient (Wildman–Crippen LogP) is 5.39. The van der Waals surface area contributed by atoms with Crippen molar-refractivity contribution in [2.24, 2.45) is 0 Å². The van der Waals surface area contributed by atoms with Crippen LogP contribution in [0.4, 0.5) is 18.9 Å². The third kappa shape index (κ3) is 4.92. The molecule has 4 aromatic rings. The normalized spacial score (nSPS) is 10.7. The summed E-state index contributed by atoms with van der Waals surface area (Å²) in [6.07, 6.45) is 0. The van der Waals surface area contributed by atoms with Crippen LogP contribution < -0.4 is 10.1 Å². The second-order valence-electron chi connectivity index (χ2n) is 7.50. The lowest BCUT2D eigenvalue weighted by molar-refractivity contribution is 0.0518. The first-order valence-electron chi connectivity index (χ1n) is 10.8. The summed E-state index contributed by atoms with van der Waals surface area (Å²) in [4.78, 5) is 24.9. The van der Waals surface area contributed by atoms with Crippen molar-refractivity contribution in [2.45, 2.75) is 6.92 Å². The Morgan fingerprint density at radius 3 is 2.42 bits per heavy atom. The molecule has 0 radical (unpaired) electrons. The van der Waals surface area contributed by atoms with Gasteiger partial charge in [0, 0.05) is 11.3 Å². The van der Waals surface area contributed by atoms with Crippen LogP contribution in [0.3, 0.4) is 0 Å². The maximum Gasteiger partial charge on any atom is 0.358 e. The van der Waals surface area contributed by atoms with Crippen molar-refractivity contribution in [2.75, 3.05) is 19.0 Å². The van der Waals surface area contributed by atoms with Gasteiger partial charge in [0.15, 0.2) is 23.1 Å². The number of ether oxygens (including phenoxy) is 2. The zero-order chi connectivity index (χ0) is 25.8. The molecule has 184 valence electrons. The van der Waals surface area contributed by atoms with Gasteiger partial charge in [0.1, 0.15) is 5.75 Å². The number of hydrogen-bond acceptors (Lipinski definition) is 5. The number of carbonyl (C=O) groups excluding carboxylic acids is 2. The lowest BCUT2D eigenvalue weighted by Crippen LogP contribution is -2.15. The van der Waals surface area contributed by atoms with E-state index in [1.807, 2.05) is 0 Å². The molecule has 36 heavy (non-hydrogen) atoms. The zero-order valence-electron chi connectivity index (χ0n) is 19.2. The average Bonchev–Trinajstić information content (AvgIpc) is 3.33. The van der Waals surface area contributed by atoms with Gasteiger partial charge in [-0.3, -0.25) is 4.79 Å². The third-order valence-corrected chi connectivity index (χ3v) is 5.21. The average molecular weight is 495 g/mol. The number of benzene rings is 3. The van der Waals surface area contributed by atoms with Gasteiger partial charge in [-0.2, -0.15) is 5.10 Å². The Balaban J connectivity index is 1.71. The maximum atomic E-state index is 14.1. The number of rotatable bonds is 7. The van der Waals surface area contributed by atoms with Crippen molar-refractivity contribution in [1.29, 1.82) is 0 Å². The van der Waals surface area contributed by atoms with Crippen molar-refractivity contribution in [3.05, 3.63) is 95.4 Å². The van der Waals surface area contributed by atoms with Gasteiger partial charge in [-0.05, 0) is 61.5 Å². The molecule has 0 aliphatic carbocycles. The van der Waals surface area contributed by atoms with Gasteiger partial charge in [0.25, 0.3) is 5.91 Å². The molecule has 1 amide bonds. The van der Waals surface area contributed by atoms with Gasteiger partial charge in [-0.25, -0.2) is 22.6 Å². The number of halogens is 3. The highest BCUT2D eigenvalue weighted by Crippen LogP contribution is 2.28. The summed E-state index contributed by atoms with van der Waals surface area (Å²) in [5.74, 6) is -5.64. The minimum Gasteiger partial charge on any atom is -0.497 e. The fraction of sp³-hybridized carbons (Fsp3) is 0.115. The molecule has 4 rings (SSSR count). The number of hydrogen-bond donors (Lipinski definition) is 1. The molecule has 3 aromatic carbocycles. The highest BCUT2D eigenvalue weighted by atomic mass is 19.2. The minimum atomic E-state index is -1.73. The van der Waals surface area contributed by atoms with Crippen LogP contribution in [0, 0.1) is 17.5 Å². The van der Waals surface area contributed by atoms with E-state index >= 15 is 0 Å². The summed E-state index contributed by atoms with van der Waals surface area (Å²) < 4.78 is 52.6. The largest absolute Gasteiger partial charge is 0.497 e. The predicted molar refractivity (Wildman–Crippen MR) is 126 cm³/mol. The SMILES string of the molecule is CCOC(=O)c1cc(-c2cccc(NC(=O)c3ccc(F)c(F)c3F)c2)n(-c2ccc(OC)cc2)n1. The van der Waals surface area contributed by atoms with E-state index in [1.54, 1.807) is 62.6 Å². The fourth-order valence-corrected chi connectivity index (χ4v) is 3.47. The molecule has 7 nitrogen and oxygen atoms in total. The van der Waals surface area contributed by atoms with Crippen LogP contribution in [0.1, 0.15) is 27.8 Å². The second-order valence-corrected chi connectivity index (χ2v) is 7.50. The first-order chi connectivity index (χ1) is 17.3. The van der Waals surface area contributed by atoms with Gasteiger partial charge in [0.2, 0.25) is 0 Å². The Morgan fingerprint density at radius 1 is 0.972 bits per heavy atom. The number of methoxy groups -OCH3 is 1. The quantitative estimate of drug-likeness (QED) is 0.275. The van der Waals surface area contributed by atoms with Crippen LogP contribution in [0.15, 0.2) is 66.7 Å². The van der Waals surface area contributed by atoms with Gasteiger partial charge >= 0.3 is 5.97 Å². The van der Waals surface area contributed by atoms with E-state index in [4.69, 9.17) is 9.47 Å². The van der Waals surface area contributed by atoms with Crippen molar-refractivity contribution in [3.8, 4) is 22.7 Å². The molecule has 0 saturated heterocycles. The summed E-state index contributed by atoms with van der Waals surface area (Å²) in [7, 11) is 1.54. The Bertz CT molecular complexity index is 1440. The third-order valence-electron chi connectivity index (χ3n) is 5.21. The molecular weight excluding hydrogens is 475 g/mol. The lowest BCUT2D eigenvalue weighted by atomic mass is 10.1. The van der Waals surface area contributed by atoms with E-state index in [1.165, 1.54) is 10.7 Å².